The van der Waals surface area contributed by atoms with E-state index in [0.29, 0.717) is 5.02 Å². The Labute approximate surface area is 171 Å². The van der Waals surface area contributed by atoms with Gasteiger partial charge in [0.25, 0.3) is 0 Å². The molecular formula is C23H26ClN3O. The van der Waals surface area contributed by atoms with Crippen LogP contribution in [0.2, 0.25) is 5.02 Å². The second kappa shape index (κ2) is 7.61. The number of halogens is 1. The minimum Gasteiger partial charge on any atom is -0.361 e. The number of carbonyl (C=O) groups excluding carboxylic acids is 1. The molecule has 4 rings (SSSR count). The lowest BCUT2D eigenvalue weighted by molar-refractivity contribution is -0.138. The quantitative estimate of drug-likeness (QED) is 0.709. The zero-order valence-corrected chi connectivity index (χ0v) is 17.2. The van der Waals surface area contributed by atoms with Gasteiger partial charge in [-0.05, 0) is 37.1 Å². The second-order valence-electron chi connectivity index (χ2n) is 8.07. The molecular weight excluding hydrogens is 370 g/mol. The molecule has 0 atom stereocenters. The van der Waals surface area contributed by atoms with Crippen LogP contribution in [0.25, 0.3) is 10.9 Å². The van der Waals surface area contributed by atoms with Crippen molar-refractivity contribution < 1.29 is 4.79 Å². The van der Waals surface area contributed by atoms with Crippen molar-refractivity contribution in [2.75, 3.05) is 26.2 Å². The van der Waals surface area contributed by atoms with Gasteiger partial charge in [0.15, 0.2) is 0 Å². The Bertz CT molecular complexity index is 972. The predicted molar refractivity (Wildman–Crippen MR) is 115 cm³/mol. The summed E-state index contributed by atoms with van der Waals surface area (Å²) in [4.78, 5) is 21.1. The minimum atomic E-state index is -0.590. The van der Waals surface area contributed by atoms with Gasteiger partial charge in [-0.3, -0.25) is 9.69 Å². The van der Waals surface area contributed by atoms with E-state index in [9.17, 15) is 4.79 Å². The van der Waals surface area contributed by atoms with Gasteiger partial charge in [-0.15, -0.1) is 0 Å². The van der Waals surface area contributed by atoms with Crippen LogP contribution in [0.4, 0.5) is 0 Å². The third-order valence-corrected chi connectivity index (χ3v) is 6.00. The number of H-pyrrole nitrogens is 1. The van der Waals surface area contributed by atoms with Gasteiger partial charge in [0.1, 0.15) is 0 Å². The standard InChI is InChI=1S/C23H26ClN3O/c1-23(2,20-15-25-21-14-18(24)8-9-19(20)21)22(28)27-12-10-26(11-13-27)16-17-6-4-3-5-7-17/h3-9,14-15,25H,10-13,16H2,1-2H3. The summed E-state index contributed by atoms with van der Waals surface area (Å²) < 4.78 is 0. The number of hydrogen-bond acceptors (Lipinski definition) is 2. The van der Waals surface area contributed by atoms with Crippen LogP contribution in [0.5, 0.6) is 0 Å². The number of piperazine rings is 1. The summed E-state index contributed by atoms with van der Waals surface area (Å²) in [6.45, 7) is 8.31. The Hall–Kier alpha value is -2.30. The van der Waals surface area contributed by atoms with Gasteiger partial charge in [-0.1, -0.05) is 48.0 Å². The van der Waals surface area contributed by atoms with Crippen LogP contribution in [-0.2, 0) is 16.8 Å². The number of rotatable bonds is 4. The van der Waals surface area contributed by atoms with Gasteiger partial charge in [0.2, 0.25) is 5.91 Å². The van der Waals surface area contributed by atoms with E-state index in [1.165, 1.54) is 5.56 Å². The molecule has 0 spiro atoms. The number of nitrogens with zero attached hydrogens (tertiary/aromatic N) is 2. The lowest BCUT2D eigenvalue weighted by Gasteiger charge is -2.38. The Balaban J connectivity index is 1.45. The fourth-order valence-corrected chi connectivity index (χ4v) is 4.25. The van der Waals surface area contributed by atoms with Crippen LogP contribution in [-0.4, -0.2) is 46.9 Å². The van der Waals surface area contributed by atoms with E-state index >= 15 is 0 Å². The van der Waals surface area contributed by atoms with Crippen LogP contribution in [0.15, 0.2) is 54.7 Å². The number of nitrogens with one attached hydrogen (secondary N) is 1. The van der Waals surface area contributed by atoms with Gasteiger partial charge in [-0.2, -0.15) is 0 Å². The molecule has 0 bridgehead atoms. The molecule has 28 heavy (non-hydrogen) atoms. The van der Waals surface area contributed by atoms with Crippen molar-refractivity contribution in [2.24, 2.45) is 0 Å². The van der Waals surface area contributed by atoms with Gasteiger partial charge in [-0.25, -0.2) is 0 Å². The monoisotopic (exact) mass is 395 g/mol. The van der Waals surface area contributed by atoms with E-state index in [1.54, 1.807) is 0 Å². The van der Waals surface area contributed by atoms with Crippen molar-refractivity contribution in [3.63, 3.8) is 0 Å². The van der Waals surface area contributed by atoms with E-state index in [4.69, 9.17) is 11.6 Å². The molecule has 4 nitrogen and oxygen atoms in total. The largest absolute Gasteiger partial charge is 0.361 e. The highest BCUT2D eigenvalue weighted by molar-refractivity contribution is 6.31. The zero-order chi connectivity index (χ0) is 19.7. The molecule has 0 saturated carbocycles. The SMILES string of the molecule is CC(C)(C(=O)N1CCN(Cc2ccccc2)CC1)c1c[nH]c2cc(Cl)ccc12. The number of fused-ring (bicyclic) bond motifs is 1. The molecule has 146 valence electrons. The molecule has 1 amide bonds. The number of hydrogen-bond donors (Lipinski definition) is 1. The molecule has 1 N–H and O–H groups in total. The summed E-state index contributed by atoms with van der Waals surface area (Å²) in [7, 11) is 0. The summed E-state index contributed by atoms with van der Waals surface area (Å²) in [5.41, 5.74) is 2.72. The fraction of sp³-hybridized carbons (Fsp3) is 0.348. The van der Waals surface area contributed by atoms with Crippen molar-refractivity contribution in [3.05, 3.63) is 70.9 Å². The molecule has 0 aliphatic carbocycles. The predicted octanol–water partition coefficient (Wildman–Crippen LogP) is 4.44. The topological polar surface area (TPSA) is 39.3 Å². The number of amides is 1. The van der Waals surface area contributed by atoms with Gasteiger partial charge < -0.3 is 9.88 Å². The number of benzene rings is 2. The summed E-state index contributed by atoms with van der Waals surface area (Å²) in [5, 5.41) is 1.75. The van der Waals surface area contributed by atoms with Gasteiger partial charge >= 0.3 is 0 Å². The van der Waals surface area contributed by atoms with Gasteiger partial charge in [0.05, 0.1) is 5.41 Å². The maximum Gasteiger partial charge on any atom is 0.232 e. The van der Waals surface area contributed by atoms with E-state index < -0.39 is 5.41 Å². The van der Waals surface area contributed by atoms with Crippen molar-refractivity contribution in [1.82, 2.24) is 14.8 Å². The number of aromatic nitrogens is 1. The molecule has 1 saturated heterocycles. The zero-order valence-electron chi connectivity index (χ0n) is 16.4. The summed E-state index contributed by atoms with van der Waals surface area (Å²) in [6.07, 6.45) is 1.95. The molecule has 1 aliphatic rings. The van der Waals surface area contributed by atoms with Crippen LogP contribution in [0.1, 0.15) is 25.0 Å². The Morgan fingerprint density at radius 3 is 2.50 bits per heavy atom. The summed E-state index contributed by atoms with van der Waals surface area (Å²) in [6, 6.07) is 16.3. The van der Waals surface area contributed by atoms with Crippen molar-refractivity contribution in [1.29, 1.82) is 0 Å². The highest BCUT2D eigenvalue weighted by Gasteiger charge is 2.36. The lowest BCUT2D eigenvalue weighted by atomic mass is 9.82. The molecule has 0 radical (unpaired) electrons. The third kappa shape index (κ3) is 3.67. The van der Waals surface area contributed by atoms with Crippen LogP contribution in [0, 0.1) is 0 Å². The maximum atomic E-state index is 13.4. The first-order chi connectivity index (χ1) is 13.4. The number of carbonyl (C=O) groups is 1. The van der Waals surface area contributed by atoms with Crippen LogP contribution >= 0.6 is 11.6 Å². The molecule has 3 aromatic rings. The number of aromatic amines is 1. The fourth-order valence-electron chi connectivity index (χ4n) is 4.08. The van der Waals surface area contributed by atoms with E-state index in [2.05, 4.69) is 34.1 Å². The normalized spacial score (nSPS) is 15.9. The average Bonchev–Trinajstić information content (AvgIpc) is 3.12. The first-order valence-electron chi connectivity index (χ1n) is 9.78. The summed E-state index contributed by atoms with van der Waals surface area (Å²) in [5.74, 6) is 0.183. The molecule has 2 aromatic carbocycles. The van der Waals surface area contributed by atoms with E-state index in [1.807, 2.05) is 49.2 Å². The lowest BCUT2D eigenvalue weighted by Crippen LogP contribution is -2.52. The van der Waals surface area contributed by atoms with E-state index in [0.717, 1.165) is 49.2 Å². The highest BCUT2D eigenvalue weighted by atomic mass is 35.5. The van der Waals surface area contributed by atoms with E-state index in [-0.39, 0.29) is 5.91 Å². The van der Waals surface area contributed by atoms with Crippen LogP contribution < -0.4 is 0 Å². The molecule has 1 aliphatic heterocycles. The summed E-state index contributed by atoms with van der Waals surface area (Å²) >= 11 is 6.10. The van der Waals surface area contributed by atoms with Crippen molar-refractivity contribution in [3.8, 4) is 0 Å². The molecule has 5 heteroatoms. The second-order valence-corrected chi connectivity index (χ2v) is 8.51. The minimum absolute atomic E-state index is 0.183. The Morgan fingerprint density at radius 2 is 1.79 bits per heavy atom. The molecule has 1 fully saturated rings. The average molecular weight is 396 g/mol. The molecule has 2 heterocycles. The first-order valence-corrected chi connectivity index (χ1v) is 10.2. The first kappa shape index (κ1) is 19.0. The van der Waals surface area contributed by atoms with Crippen molar-refractivity contribution >= 4 is 28.4 Å². The smallest absolute Gasteiger partial charge is 0.232 e. The Kier molecular flexibility index (Phi) is 5.17. The maximum absolute atomic E-state index is 13.4. The van der Waals surface area contributed by atoms with Crippen LogP contribution in [0.3, 0.4) is 0 Å². The Morgan fingerprint density at radius 1 is 1.07 bits per heavy atom. The molecule has 0 unspecified atom stereocenters. The van der Waals surface area contributed by atoms with Crippen molar-refractivity contribution in [2.45, 2.75) is 25.8 Å². The highest BCUT2D eigenvalue weighted by Crippen LogP contribution is 2.33. The third-order valence-electron chi connectivity index (χ3n) is 5.76. The van der Waals surface area contributed by atoms with Gasteiger partial charge in [0, 0.05) is 54.8 Å². The molecule has 1 aromatic heterocycles.